The molecule has 2 amide bonds. The largest absolute Gasteiger partial charge is 0.377 e. The highest BCUT2D eigenvalue weighted by Gasteiger charge is 2.42. The molecular weight excluding hydrogens is 414 g/mol. The van der Waals surface area contributed by atoms with Crippen molar-refractivity contribution in [3.63, 3.8) is 0 Å². The first kappa shape index (κ1) is 23.1. The van der Waals surface area contributed by atoms with Crippen LogP contribution in [-0.2, 0) is 14.3 Å². The first-order valence-electron chi connectivity index (χ1n) is 11.7. The van der Waals surface area contributed by atoms with Crippen molar-refractivity contribution in [1.82, 2.24) is 9.80 Å². The second kappa shape index (κ2) is 9.79. The van der Waals surface area contributed by atoms with Crippen molar-refractivity contribution in [2.24, 2.45) is 0 Å². The lowest BCUT2D eigenvalue weighted by atomic mass is 9.97. The molecule has 0 saturated carbocycles. The van der Waals surface area contributed by atoms with Gasteiger partial charge in [0, 0.05) is 31.9 Å². The zero-order chi connectivity index (χ0) is 23.5. The molecule has 2 aliphatic heterocycles. The molecule has 0 radical (unpaired) electrons. The van der Waals surface area contributed by atoms with Crippen LogP contribution in [0.4, 0.5) is 5.69 Å². The predicted octanol–water partition coefficient (Wildman–Crippen LogP) is 3.63. The molecule has 0 unspecified atom stereocenters. The van der Waals surface area contributed by atoms with E-state index in [1.54, 1.807) is 0 Å². The highest BCUT2D eigenvalue weighted by atomic mass is 16.5. The molecule has 0 atom stereocenters. The van der Waals surface area contributed by atoms with Crippen LogP contribution < -0.4 is 4.90 Å². The Morgan fingerprint density at radius 1 is 0.879 bits per heavy atom. The van der Waals surface area contributed by atoms with E-state index < -0.39 is 0 Å². The normalized spacial score (nSPS) is 17.1. The van der Waals surface area contributed by atoms with Gasteiger partial charge in [-0.3, -0.25) is 14.5 Å². The van der Waals surface area contributed by atoms with Gasteiger partial charge in [-0.1, -0.05) is 42.0 Å². The van der Waals surface area contributed by atoms with Gasteiger partial charge in [0.2, 0.25) is 0 Å². The summed E-state index contributed by atoms with van der Waals surface area (Å²) < 4.78 is 5.64. The maximum atomic E-state index is 13.5. The Hall–Kier alpha value is -3.12. The van der Waals surface area contributed by atoms with E-state index in [-0.39, 0.29) is 24.5 Å². The third-order valence-electron chi connectivity index (χ3n) is 6.28. The first-order chi connectivity index (χ1) is 15.9. The third-order valence-corrected chi connectivity index (χ3v) is 6.28. The Labute approximate surface area is 196 Å². The van der Waals surface area contributed by atoms with Crippen molar-refractivity contribution < 1.29 is 14.3 Å². The lowest BCUT2D eigenvalue weighted by Gasteiger charge is -2.37. The van der Waals surface area contributed by atoms with E-state index >= 15 is 0 Å². The van der Waals surface area contributed by atoms with Gasteiger partial charge in [0.05, 0.1) is 24.8 Å². The molecule has 33 heavy (non-hydrogen) atoms. The number of hydrogen-bond donors (Lipinski definition) is 0. The number of para-hydroxylation sites is 1. The number of rotatable bonds is 7. The van der Waals surface area contributed by atoms with Crippen LogP contribution in [-0.4, -0.2) is 67.0 Å². The number of imide groups is 1. The topological polar surface area (TPSA) is 53.1 Å². The average Bonchev–Trinajstić information content (AvgIpc) is 3.04. The van der Waals surface area contributed by atoms with Gasteiger partial charge in [-0.25, -0.2) is 0 Å². The number of nitrogens with zero attached hydrogens (tertiary/aromatic N) is 3. The summed E-state index contributed by atoms with van der Waals surface area (Å²) in [4.78, 5) is 32.8. The second-order valence-electron chi connectivity index (χ2n) is 9.03. The molecule has 0 spiro atoms. The van der Waals surface area contributed by atoms with E-state index in [0.717, 1.165) is 29.8 Å². The molecule has 0 N–H and O–H groups in total. The summed E-state index contributed by atoms with van der Waals surface area (Å²) in [5, 5.41) is 0. The fourth-order valence-corrected chi connectivity index (χ4v) is 4.60. The van der Waals surface area contributed by atoms with Crippen LogP contribution >= 0.6 is 0 Å². The Balaban J connectivity index is 1.63. The Kier molecular flexibility index (Phi) is 6.84. The maximum absolute atomic E-state index is 13.5. The number of amides is 2. The summed E-state index contributed by atoms with van der Waals surface area (Å²) in [6, 6.07) is 16.4. The standard InChI is InChI=1S/C27H33N3O3/c1-19(2)33-17-16-30-26(31)24(23-11-10-20(3)18-21(23)4)25(27(30)32)29-14-12-28(13-15-29)22-8-6-5-7-9-22/h5-11,18-19H,12-17H2,1-4H3. The maximum Gasteiger partial charge on any atom is 0.277 e. The number of ether oxygens (including phenoxy) is 1. The van der Waals surface area contributed by atoms with Gasteiger partial charge < -0.3 is 14.5 Å². The van der Waals surface area contributed by atoms with Crippen molar-refractivity contribution >= 4 is 23.1 Å². The molecule has 1 fully saturated rings. The highest BCUT2D eigenvalue weighted by molar-refractivity contribution is 6.35. The summed E-state index contributed by atoms with van der Waals surface area (Å²) >= 11 is 0. The van der Waals surface area contributed by atoms with Crippen LogP contribution in [0.1, 0.15) is 30.5 Å². The molecule has 2 aromatic carbocycles. The van der Waals surface area contributed by atoms with Crippen LogP contribution in [0.2, 0.25) is 0 Å². The van der Waals surface area contributed by atoms with Gasteiger partial charge in [0.25, 0.3) is 11.8 Å². The minimum absolute atomic E-state index is 0.0510. The highest BCUT2D eigenvalue weighted by Crippen LogP contribution is 2.34. The van der Waals surface area contributed by atoms with Gasteiger partial charge in [0.15, 0.2) is 0 Å². The van der Waals surface area contributed by atoms with Crippen LogP contribution in [0.5, 0.6) is 0 Å². The molecule has 6 nitrogen and oxygen atoms in total. The zero-order valence-electron chi connectivity index (χ0n) is 20.0. The molecule has 6 heteroatoms. The summed E-state index contributed by atoms with van der Waals surface area (Å²) in [7, 11) is 0. The monoisotopic (exact) mass is 447 g/mol. The van der Waals surface area contributed by atoms with E-state index in [0.29, 0.717) is 31.0 Å². The molecule has 2 aliphatic rings. The van der Waals surface area contributed by atoms with Gasteiger partial charge >= 0.3 is 0 Å². The molecule has 174 valence electrons. The molecule has 2 aromatic rings. The molecule has 0 aliphatic carbocycles. The van der Waals surface area contributed by atoms with Crippen molar-refractivity contribution in [2.45, 2.75) is 33.8 Å². The van der Waals surface area contributed by atoms with Crippen molar-refractivity contribution in [2.75, 3.05) is 44.2 Å². The lowest BCUT2D eigenvalue weighted by Crippen LogP contribution is -2.47. The van der Waals surface area contributed by atoms with E-state index in [9.17, 15) is 9.59 Å². The molecular formula is C27H33N3O3. The minimum atomic E-state index is -0.222. The van der Waals surface area contributed by atoms with Gasteiger partial charge in [-0.05, 0) is 51.0 Å². The number of carbonyl (C=O) groups excluding carboxylic acids is 2. The summed E-state index contributed by atoms with van der Waals surface area (Å²) in [6.07, 6.45) is 0.0510. The smallest absolute Gasteiger partial charge is 0.277 e. The Morgan fingerprint density at radius 2 is 1.55 bits per heavy atom. The average molecular weight is 448 g/mol. The number of hydrogen-bond acceptors (Lipinski definition) is 5. The number of aryl methyl sites for hydroxylation is 2. The summed E-state index contributed by atoms with van der Waals surface area (Å²) in [6.45, 7) is 11.5. The van der Waals surface area contributed by atoms with E-state index in [1.807, 2.05) is 58.0 Å². The van der Waals surface area contributed by atoms with Crippen molar-refractivity contribution in [3.8, 4) is 0 Å². The second-order valence-corrected chi connectivity index (χ2v) is 9.03. The van der Waals surface area contributed by atoms with Gasteiger partial charge in [0.1, 0.15) is 5.70 Å². The quantitative estimate of drug-likeness (QED) is 0.607. The number of piperazine rings is 1. The molecule has 0 bridgehead atoms. The van der Waals surface area contributed by atoms with E-state index in [2.05, 4.69) is 28.0 Å². The van der Waals surface area contributed by atoms with Gasteiger partial charge in [-0.15, -0.1) is 0 Å². The van der Waals surface area contributed by atoms with Crippen molar-refractivity contribution in [3.05, 3.63) is 70.9 Å². The number of benzene rings is 2. The molecule has 2 heterocycles. The SMILES string of the molecule is Cc1ccc(C2=C(N3CCN(c4ccccc4)CC3)C(=O)N(CCOC(C)C)C2=O)c(C)c1. The lowest BCUT2D eigenvalue weighted by molar-refractivity contribution is -0.138. The summed E-state index contributed by atoms with van der Waals surface area (Å²) in [5.74, 6) is -0.435. The van der Waals surface area contributed by atoms with Crippen molar-refractivity contribution in [1.29, 1.82) is 0 Å². The third kappa shape index (κ3) is 4.81. The Bertz CT molecular complexity index is 1050. The van der Waals surface area contributed by atoms with Crippen LogP contribution in [0.3, 0.4) is 0 Å². The molecule has 1 saturated heterocycles. The zero-order valence-corrected chi connectivity index (χ0v) is 20.0. The van der Waals surface area contributed by atoms with E-state index in [4.69, 9.17) is 4.74 Å². The van der Waals surface area contributed by atoms with Crippen LogP contribution in [0, 0.1) is 13.8 Å². The van der Waals surface area contributed by atoms with Crippen LogP contribution in [0.15, 0.2) is 54.2 Å². The summed E-state index contributed by atoms with van der Waals surface area (Å²) in [5.41, 5.74) is 5.22. The minimum Gasteiger partial charge on any atom is -0.377 e. The Morgan fingerprint density at radius 3 is 2.18 bits per heavy atom. The molecule has 4 rings (SSSR count). The predicted molar refractivity (Wildman–Crippen MR) is 131 cm³/mol. The fourth-order valence-electron chi connectivity index (χ4n) is 4.60. The fraction of sp³-hybridized carbons (Fsp3) is 0.407. The number of carbonyl (C=O) groups is 2. The van der Waals surface area contributed by atoms with Crippen LogP contribution in [0.25, 0.3) is 5.57 Å². The number of anilines is 1. The van der Waals surface area contributed by atoms with Gasteiger partial charge in [-0.2, -0.15) is 0 Å². The van der Waals surface area contributed by atoms with E-state index in [1.165, 1.54) is 10.6 Å². The first-order valence-corrected chi connectivity index (χ1v) is 11.7. The molecule has 0 aromatic heterocycles.